The van der Waals surface area contributed by atoms with Gasteiger partial charge in [0.1, 0.15) is 10.6 Å². The van der Waals surface area contributed by atoms with E-state index in [4.69, 9.17) is 4.74 Å². The summed E-state index contributed by atoms with van der Waals surface area (Å²) < 4.78 is 34.5. The molecule has 0 saturated heterocycles. The highest BCUT2D eigenvalue weighted by Gasteiger charge is 2.20. The lowest BCUT2D eigenvalue weighted by Crippen LogP contribution is -2.24. The van der Waals surface area contributed by atoms with Gasteiger partial charge in [0.05, 0.1) is 19.3 Å². The van der Waals surface area contributed by atoms with Crippen molar-refractivity contribution < 1.29 is 13.2 Å². The number of sulfonamides is 1. The van der Waals surface area contributed by atoms with Crippen molar-refractivity contribution in [3.63, 3.8) is 0 Å². The zero-order valence-electron chi connectivity index (χ0n) is 11.0. The normalized spacial score (nSPS) is 11.6. The van der Waals surface area contributed by atoms with Crippen LogP contribution < -0.4 is 9.46 Å². The van der Waals surface area contributed by atoms with Crippen LogP contribution in [0.1, 0.15) is 5.69 Å². The second-order valence-electron chi connectivity index (χ2n) is 4.10. The number of rotatable bonds is 5. The maximum absolute atomic E-state index is 12.3. The minimum Gasteiger partial charge on any atom is -0.495 e. The number of methoxy groups -OCH3 is 1. The molecule has 20 heavy (non-hydrogen) atoms. The Bertz CT molecular complexity index is 712. The smallest absolute Gasteiger partial charge is 0.244 e. The Kier molecular flexibility index (Phi) is 4.46. The molecule has 6 nitrogen and oxygen atoms in total. The molecule has 2 rings (SSSR count). The number of nitrogens with one attached hydrogen (secondary N) is 1. The van der Waals surface area contributed by atoms with E-state index < -0.39 is 10.0 Å². The third-order valence-corrected chi connectivity index (χ3v) is 4.54. The SMILES string of the molecule is COc1ccc(Br)cc1S(=O)(=O)NCc1ccn(C)n1. The van der Waals surface area contributed by atoms with Crippen molar-refractivity contribution in [2.45, 2.75) is 11.4 Å². The Morgan fingerprint density at radius 2 is 2.15 bits per heavy atom. The second kappa shape index (κ2) is 5.94. The van der Waals surface area contributed by atoms with Crippen molar-refractivity contribution in [3.05, 3.63) is 40.6 Å². The Morgan fingerprint density at radius 3 is 2.75 bits per heavy atom. The van der Waals surface area contributed by atoms with Gasteiger partial charge in [-0.25, -0.2) is 13.1 Å². The van der Waals surface area contributed by atoms with E-state index in [2.05, 4.69) is 25.8 Å². The summed E-state index contributed by atoms with van der Waals surface area (Å²) in [5.41, 5.74) is 0.644. The summed E-state index contributed by atoms with van der Waals surface area (Å²) >= 11 is 3.25. The number of nitrogens with zero attached hydrogens (tertiary/aromatic N) is 2. The molecule has 0 saturated carbocycles. The summed E-state index contributed by atoms with van der Waals surface area (Å²) in [6, 6.07) is 6.57. The van der Waals surface area contributed by atoms with Gasteiger partial charge in [0.15, 0.2) is 0 Å². The molecule has 0 atom stereocenters. The van der Waals surface area contributed by atoms with Gasteiger partial charge in [-0.2, -0.15) is 5.10 Å². The van der Waals surface area contributed by atoms with Gasteiger partial charge in [-0.05, 0) is 24.3 Å². The molecular weight excluding hydrogens is 346 g/mol. The van der Waals surface area contributed by atoms with E-state index in [9.17, 15) is 8.42 Å². The quantitative estimate of drug-likeness (QED) is 0.881. The van der Waals surface area contributed by atoms with Crippen LogP contribution in [0.3, 0.4) is 0 Å². The third kappa shape index (κ3) is 3.38. The maximum atomic E-state index is 12.3. The van der Waals surface area contributed by atoms with Crippen LogP contribution in [-0.4, -0.2) is 25.3 Å². The highest BCUT2D eigenvalue weighted by atomic mass is 79.9. The van der Waals surface area contributed by atoms with E-state index in [0.29, 0.717) is 15.9 Å². The van der Waals surface area contributed by atoms with Crippen LogP contribution in [0.25, 0.3) is 0 Å². The summed E-state index contributed by atoms with van der Waals surface area (Å²) in [6.07, 6.45) is 1.75. The molecule has 0 unspecified atom stereocenters. The van der Waals surface area contributed by atoms with Gasteiger partial charge in [0, 0.05) is 17.7 Å². The van der Waals surface area contributed by atoms with Crippen LogP contribution in [0.5, 0.6) is 5.75 Å². The second-order valence-corrected chi connectivity index (χ2v) is 6.75. The van der Waals surface area contributed by atoms with E-state index in [1.807, 2.05) is 0 Å². The summed E-state index contributed by atoms with van der Waals surface area (Å²) in [4.78, 5) is 0.0882. The zero-order chi connectivity index (χ0) is 14.8. The number of aryl methyl sites for hydroxylation is 1. The summed E-state index contributed by atoms with van der Waals surface area (Å²) in [7, 11) is -0.464. The Hall–Kier alpha value is -1.38. The minimum atomic E-state index is -3.67. The van der Waals surface area contributed by atoms with Crippen molar-refractivity contribution in [1.82, 2.24) is 14.5 Å². The van der Waals surface area contributed by atoms with Crippen molar-refractivity contribution >= 4 is 26.0 Å². The molecule has 0 radical (unpaired) electrons. The van der Waals surface area contributed by atoms with Crippen LogP contribution >= 0.6 is 15.9 Å². The highest BCUT2D eigenvalue weighted by molar-refractivity contribution is 9.10. The topological polar surface area (TPSA) is 73.2 Å². The fraction of sp³-hybridized carbons (Fsp3) is 0.250. The summed E-state index contributed by atoms with van der Waals surface area (Å²) in [6.45, 7) is 0.124. The molecular formula is C12H14BrN3O3S. The van der Waals surface area contributed by atoms with Crippen LogP contribution in [0.2, 0.25) is 0 Å². The molecule has 0 aliphatic rings. The van der Waals surface area contributed by atoms with Gasteiger partial charge in [-0.1, -0.05) is 15.9 Å². The maximum Gasteiger partial charge on any atom is 0.244 e. The molecule has 1 N–H and O–H groups in total. The molecule has 1 aromatic heterocycles. The molecule has 0 spiro atoms. The fourth-order valence-electron chi connectivity index (χ4n) is 1.66. The summed E-state index contributed by atoms with van der Waals surface area (Å²) in [5.74, 6) is 0.293. The molecule has 8 heteroatoms. The first-order valence-electron chi connectivity index (χ1n) is 5.74. The molecule has 0 bridgehead atoms. The number of aromatic nitrogens is 2. The molecule has 0 fully saturated rings. The average molecular weight is 360 g/mol. The van der Waals surface area contributed by atoms with E-state index in [0.717, 1.165) is 0 Å². The average Bonchev–Trinajstić information content (AvgIpc) is 2.82. The molecule has 0 aliphatic heterocycles. The van der Waals surface area contributed by atoms with Crippen molar-refractivity contribution in [1.29, 1.82) is 0 Å². The van der Waals surface area contributed by atoms with E-state index in [-0.39, 0.29) is 11.4 Å². The summed E-state index contributed by atoms with van der Waals surface area (Å²) in [5, 5.41) is 4.12. The van der Waals surface area contributed by atoms with Crippen LogP contribution in [0.15, 0.2) is 39.8 Å². The van der Waals surface area contributed by atoms with Gasteiger partial charge in [-0.15, -0.1) is 0 Å². The van der Waals surface area contributed by atoms with Crippen LogP contribution in [0.4, 0.5) is 0 Å². The van der Waals surface area contributed by atoms with Gasteiger partial charge in [-0.3, -0.25) is 4.68 Å². The lowest BCUT2D eigenvalue weighted by molar-refractivity contribution is 0.402. The Labute approximate surface area is 125 Å². The van der Waals surface area contributed by atoms with Crippen molar-refractivity contribution in [2.24, 2.45) is 7.05 Å². The number of ether oxygens (including phenoxy) is 1. The lowest BCUT2D eigenvalue weighted by Gasteiger charge is -2.10. The monoisotopic (exact) mass is 359 g/mol. The highest BCUT2D eigenvalue weighted by Crippen LogP contribution is 2.27. The van der Waals surface area contributed by atoms with E-state index in [1.165, 1.54) is 13.2 Å². The molecule has 0 aliphatic carbocycles. The van der Waals surface area contributed by atoms with Crippen LogP contribution in [-0.2, 0) is 23.6 Å². The van der Waals surface area contributed by atoms with Gasteiger partial charge >= 0.3 is 0 Å². The molecule has 1 heterocycles. The first-order valence-corrected chi connectivity index (χ1v) is 8.02. The number of halogens is 1. The van der Waals surface area contributed by atoms with Crippen LogP contribution in [0, 0.1) is 0 Å². The largest absolute Gasteiger partial charge is 0.495 e. The molecule has 0 amide bonds. The fourth-order valence-corrected chi connectivity index (χ4v) is 3.37. The van der Waals surface area contributed by atoms with Gasteiger partial charge < -0.3 is 4.74 Å². The Morgan fingerprint density at radius 1 is 1.40 bits per heavy atom. The third-order valence-electron chi connectivity index (χ3n) is 2.63. The van der Waals surface area contributed by atoms with E-state index in [1.54, 1.807) is 36.1 Å². The number of hydrogen-bond donors (Lipinski definition) is 1. The Balaban J connectivity index is 2.24. The van der Waals surface area contributed by atoms with Crippen molar-refractivity contribution in [2.75, 3.05) is 7.11 Å². The minimum absolute atomic E-state index is 0.0882. The zero-order valence-corrected chi connectivity index (χ0v) is 13.4. The number of hydrogen-bond acceptors (Lipinski definition) is 4. The number of benzene rings is 1. The molecule has 108 valence electrons. The predicted molar refractivity (Wildman–Crippen MR) is 77.9 cm³/mol. The van der Waals surface area contributed by atoms with Crippen molar-refractivity contribution in [3.8, 4) is 5.75 Å². The lowest BCUT2D eigenvalue weighted by atomic mass is 10.3. The predicted octanol–water partition coefficient (Wildman–Crippen LogP) is 1.67. The molecule has 2 aromatic rings. The van der Waals surface area contributed by atoms with E-state index >= 15 is 0 Å². The first kappa shape index (κ1) is 15.0. The molecule has 1 aromatic carbocycles. The standard InChI is InChI=1S/C12H14BrN3O3S/c1-16-6-5-10(15-16)8-14-20(17,18)12-7-9(13)3-4-11(12)19-2/h3-7,14H,8H2,1-2H3. The van der Waals surface area contributed by atoms with Gasteiger partial charge in [0.25, 0.3) is 0 Å². The van der Waals surface area contributed by atoms with Gasteiger partial charge in [0.2, 0.25) is 10.0 Å². The first-order chi connectivity index (χ1) is 9.42.